The van der Waals surface area contributed by atoms with Crippen LogP contribution in [0, 0.1) is 6.92 Å². The van der Waals surface area contributed by atoms with Gasteiger partial charge in [-0.25, -0.2) is 0 Å². The van der Waals surface area contributed by atoms with E-state index in [0.29, 0.717) is 12.6 Å². The zero-order chi connectivity index (χ0) is 13.0. The van der Waals surface area contributed by atoms with Crippen molar-refractivity contribution in [3.8, 4) is 0 Å². The van der Waals surface area contributed by atoms with Crippen molar-refractivity contribution in [3.63, 3.8) is 0 Å². The average Bonchev–Trinajstić information content (AvgIpc) is 2.72. The fourth-order valence-electron chi connectivity index (χ4n) is 2.50. The van der Waals surface area contributed by atoms with Crippen molar-refractivity contribution >= 4 is 5.91 Å². The van der Waals surface area contributed by atoms with E-state index < -0.39 is 0 Å². The van der Waals surface area contributed by atoms with E-state index in [0.717, 1.165) is 11.1 Å². The highest BCUT2D eigenvalue weighted by molar-refractivity contribution is 5.98. The molecule has 1 aliphatic heterocycles. The van der Waals surface area contributed by atoms with Gasteiger partial charge in [0, 0.05) is 18.2 Å². The zero-order valence-electron chi connectivity index (χ0n) is 11.0. The molecule has 0 unspecified atom stereocenters. The molecule has 0 radical (unpaired) electrons. The van der Waals surface area contributed by atoms with Gasteiger partial charge in [-0.15, -0.1) is 0 Å². The molecule has 2 aliphatic rings. The Morgan fingerprint density at radius 3 is 2.56 bits per heavy atom. The minimum Gasteiger partial charge on any atom is -0.348 e. The summed E-state index contributed by atoms with van der Waals surface area (Å²) in [6.07, 6.45) is 6.66. The largest absolute Gasteiger partial charge is 0.348 e. The molecule has 1 heterocycles. The van der Waals surface area contributed by atoms with Gasteiger partial charge in [-0.1, -0.05) is 37.0 Å². The fraction of sp³-hybridized carbons (Fsp3) is 0.533. The molecule has 18 heavy (non-hydrogen) atoms. The molecular formula is C15H22N2O. The Balaban J connectivity index is 0.000000149. The maximum absolute atomic E-state index is 11.1. The van der Waals surface area contributed by atoms with Crippen LogP contribution in [0.2, 0.25) is 0 Å². The minimum absolute atomic E-state index is 0.0556. The number of hydrogen-bond donors (Lipinski definition) is 2. The van der Waals surface area contributed by atoms with Crippen LogP contribution in [0.5, 0.6) is 0 Å². The maximum Gasteiger partial charge on any atom is 0.251 e. The van der Waals surface area contributed by atoms with Crippen LogP contribution < -0.4 is 11.1 Å². The first-order chi connectivity index (χ1) is 8.66. The van der Waals surface area contributed by atoms with E-state index >= 15 is 0 Å². The lowest BCUT2D eigenvalue weighted by molar-refractivity contribution is 0.0966. The number of rotatable bonds is 0. The molecule has 0 atom stereocenters. The smallest absolute Gasteiger partial charge is 0.251 e. The van der Waals surface area contributed by atoms with Crippen molar-refractivity contribution in [1.29, 1.82) is 0 Å². The molecule has 1 aromatic carbocycles. The number of nitrogens with one attached hydrogen (secondary N) is 1. The van der Waals surface area contributed by atoms with Gasteiger partial charge in [-0.3, -0.25) is 4.79 Å². The predicted octanol–water partition coefficient (Wildman–Crippen LogP) is 2.52. The number of benzene rings is 1. The second-order valence-corrected chi connectivity index (χ2v) is 5.24. The SMILES string of the molecule is Cc1ccc2c(c1)CNC2=O.NC1CCCCC1. The molecule has 3 heteroatoms. The van der Waals surface area contributed by atoms with Crippen LogP contribution in [0.3, 0.4) is 0 Å². The van der Waals surface area contributed by atoms with Gasteiger partial charge < -0.3 is 11.1 Å². The van der Waals surface area contributed by atoms with Gasteiger partial charge >= 0.3 is 0 Å². The Bertz CT molecular complexity index is 423. The highest BCUT2D eigenvalue weighted by atomic mass is 16.1. The van der Waals surface area contributed by atoms with E-state index in [1.807, 2.05) is 25.1 Å². The van der Waals surface area contributed by atoms with Gasteiger partial charge in [0.05, 0.1) is 0 Å². The van der Waals surface area contributed by atoms with Crippen molar-refractivity contribution < 1.29 is 4.79 Å². The second-order valence-electron chi connectivity index (χ2n) is 5.24. The molecule has 1 aliphatic carbocycles. The Hall–Kier alpha value is -1.35. The molecule has 3 rings (SSSR count). The van der Waals surface area contributed by atoms with Crippen LogP contribution in [0.1, 0.15) is 53.6 Å². The topological polar surface area (TPSA) is 55.1 Å². The first kappa shape index (κ1) is 13.1. The lowest BCUT2D eigenvalue weighted by atomic mass is 9.97. The number of aryl methyl sites for hydroxylation is 1. The third-order valence-electron chi connectivity index (χ3n) is 3.59. The van der Waals surface area contributed by atoms with Crippen LogP contribution in [-0.4, -0.2) is 11.9 Å². The van der Waals surface area contributed by atoms with Gasteiger partial charge in [0.1, 0.15) is 0 Å². The van der Waals surface area contributed by atoms with Gasteiger partial charge in [-0.2, -0.15) is 0 Å². The number of carbonyl (C=O) groups excluding carboxylic acids is 1. The molecule has 0 aromatic heterocycles. The molecule has 0 bridgehead atoms. The van der Waals surface area contributed by atoms with E-state index in [-0.39, 0.29) is 5.91 Å². The number of nitrogens with two attached hydrogens (primary N) is 1. The Kier molecular flexibility index (Phi) is 4.37. The third kappa shape index (κ3) is 3.33. The summed E-state index contributed by atoms with van der Waals surface area (Å²) in [5.74, 6) is 0.0556. The lowest BCUT2D eigenvalue weighted by Gasteiger charge is -2.15. The number of amides is 1. The molecule has 3 nitrogen and oxygen atoms in total. The van der Waals surface area contributed by atoms with Crippen LogP contribution in [0.4, 0.5) is 0 Å². The first-order valence-corrected chi connectivity index (χ1v) is 6.80. The summed E-state index contributed by atoms with van der Waals surface area (Å²) < 4.78 is 0. The minimum atomic E-state index is 0.0556. The molecule has 1 amide bonds. The summed E-state index contributed by atoms with van der Waals surface area (Å²) in [5, 5.41) is 2.77. The average molecular weight is 246 g/mol. The molecule has 98 valence electrons. The van der Waals surface area contributed by atoms with Crippen molar-refractivity contribution in [2.75, 3.05) is 0 Å². The second kappa shape index (κ2) is 6.01. The normalized spacial score (nSPS) is 18.7. The molecule has 1 saturated carbocycles. The molecule has 3 N–H and O–H groups in total. The highest BCUT2D eigenvalue weighted by Crippen LogP contribution is 2.16. The number of hydrogen-bond acceptors (Lipinski definition) is 2. The number of carbonyl (C=O) groups is 1. The standard InChI is InChI=1S/C9H9NO.C6H13N/c1-6-2-3-8-7(4-6)5-10-9(8)11;7-6-4-2-1-3-5-6/h2-4H,5H2,1H3,(H,10,11);6H,1-5,7H2. The summed E-state index contributed by atoms with van der Waals surface area (Å²) in [7, 11) is 0. The molecule has 0 saturated heterocycles. The van der Waals surface area contributed by atoms with Crippen LogP contribution in [0.25, 0.3) is 0 Å². The summed E-state index contributed by atoms with van der Waals surface area (Å²) in [5.41, 5.74) is 8.79. The summed E-state index contributed by atoms with van der Waals surface area (Å²) in [6.45, 7) is 2.72. The van der Waals surface area contributed by atoms with E-state index in [1.54, 1.807) is 0 Å². The molecular weight excluding hydrogens is 224 g/mol. The summed E-state index contributed by atoms with van der Waals surface area (Å²) in [6, 6.07) is 6.43. The summed E-state index contributed by atoms with van der Waals surface area (Å²) in [4.78, 5) is 11.1. The van der Waals surface area contributed by atoms with Crippen molar-refractivity contribution in [2.24, 2.45) is 5.73 Å². The monoisotopic (exact) mass is 246 g/mol. The van der Waals surface area contributed by atoms with Gasteiger partial charge in [0.25, 0.3) is 5.91 Å². The highest BCUT2D eigenvalue weighted by Gasteiger charge is 2.17. The third-order valence-corrected chi connectivity index (χ3v) is 3.59. The van der Waals surface area contributed by atoms with Gasteiger partial charge in [0.2, 0.25) is 0 Å². The lowest BCUT2D eigenvalue weighted by Crippen LogP contribution is -2.22. The Morgan fingerprint density at radius 1 is 1.22 bits per heavy atom. The Morgan fingerprint density at radius 2 is 1.94 bits per heavy atom. The molecule has 1 aromatic rings. The van der Waals surface area contributed by atoms with Crippen molar-refractivity contribution in [3.05, 3.63) is 34.9 Å². The predicted molar refractivity (Wildman–Crippen MR) is 73.4 cm³/mol. The van der Waals surface area contributed by atoms with Gasteiger partial charge in [0.15, 0.2) is 0 Å². The van der Waals surface area contributed by atoms with E-state index in [2.05, 4.69) is 5.32 Å². The van der Waals surface area contributed by atoms with E-state index in [9.17, 15) is 4.79 Å². The van der Waals surface area contributed by atoms with E-state index in [4.69, 9.17) is 5.73 Å². The zero-order valence-corrected chi connectivity index (χ0v) is 11.0. The maximum atomic E-state index is 11.1. The fourth-order valence-corrected chi connectivity index (χ4v) is 2.50. The molecule has 1 fully saturated rings. The quantitative estimate of drug-likeness (QED) is 0.739. The molecule has 0 spiro atoms. The van der Waals surface area contributed by atoms with Crippen LogP contribution in [-0.2, 0) is 6.54 Å². The summed E-state index contributed by atoms with van der Waals surface area (Å²) >= 11 is 0. The van der Waals surface area contributed by atoms with Crippen LogP contribution in [0.15, 0.2) is 18.2 Å². The van der Waals surface area contributed by atoms with Crippen LogP contribution >= 0.6 is 0 Å². The first-order valence-electron chi connectivity index (χ1n) is 6.80. The van der Waals surface area contributed by atoms with Gasteiger partial charge in [-0.05, 0) is 31.4 Å². The van der Waals surface area contributed by atoms with Crippen molar-refractivity contribution in [2.45, 2.75) is 51.6 Å². The number of fused-ring (bicyclic) bond motifs is 1. The van der Waals surface area contributed by atoms with Crippen molar-refractivity contribution in [1.82, 2.24) is 5.32 Å². The Labute approximate surface area is 109 Å². The van der Waals surface area contributed by atoms with E-state index in [1.165, 1.54) is 37.7 Å².